The van der Waals surface area contributed by atoms with E-state index < -0.39 is 5.91 Å². The molecule has 0 aliphatic rings. The first-order valence-corrected chi connectivity index (χ1v) is 9.59. The van der Waals surface area contributed by atoms with Crippen molar-refractivity contribution in [3.05, 3.63) is 63.9 Å². The van der Waals surface area contributed by atoms with Gasteiger partial charge in [-0.15, -0.1) is 0 Å². The summed E-state index contributed by atoms with van der Waals surface area (Å²) in [6, 6.07) is 11.1. The van der Waals surface area contributed by atoms with Crippen molar-refractivity contribution in [1.29, 1.82) is 0 Å². The highest BCUT2D eigenvalue weighted by atomic mass is 35.5. The van der Waals surface area contributed by atoms with Crippen LogP contribution in [-0.2, 0) is 17.9 Å². The van der Waals surface area contributed by atoms with E-state index in [0.717, 1.165) is 33.4 Å². The fourth-order valence-electron chi connectivity index (χ4n) is 3.01. The number of anilines is 1. The second-order valence-electron chi connectivity index (χ2n) is 6.73. The van der Waals surface area contributed by atoms with Gasteiger partial charge in [-0.1, -0.05) is 23.7 Å². The van der Waals surface area contributed by atoms with Gasteiger partial charge in [0, 0.05) is 22.6 Å². The monoisotopic (exact) mass is 423 g/mol. The molecule has 1 aromatic carbocycles. The minimum atomic E-state index is -0.435. The van der Waals surface area contributed by atoms with Gasteiger partial charge in [0.15, 0.2) is 5.71 Å². The van der Waals surface area contributed by atoms with Crippen molar-refractivity contribution in [2.24, 2.45) is 15.9 Å². The molecule has 3 aromatic rings. The number of nitrogens with two attached hydrogens (primary N) is 2. The highest BCUT2D eigenvalue weighted by Gasteiger charge is 2.12. The molecule has 0 aliphatic carbocycles. The number of benzene rings is 1. The van der Waals surface area contributed by atoms with Crippen LogP contribution < -0.4 is 16.9 Å². The molecule has 1 amide bonds. The van der Waals surface area contributed by atoms with E-state index in [4.69, 9.17) is 23.2 Å². The first kappa shape index (κ1) is 21.2. The molecule has 30 heavy (non-hydrogen) atoms. The van der Waals surface area contributed by atoms with Crippen molar-refractivity contribution in [2.75, 3.05) is 5.73 Å². The zero-order chi connectivity index (χ0) is 21.7. The van der Waals surface area contributed by atoms with Gasteiger partial charge in [-0.3, -0.25) is 14.8 Å². The van der Waals surface area contributed by atoms with Crippen molar-refractivity contribution in [3.63, 3.8) is 0 Å². The maximum atomic E-state index is 12.4. The lowest BCUT2D eigenvalue weighted by Gasteiger charge is -2.11. The lowest BCUT2D eigenvalue weighted by molar-refractivity contribution is -0.114. The lowest BCUT2D eigenvalue weighted by atomic mass is 10.1. The number of carbonyl (C=O) groups excluding carboxylic acids is 1. The van der Waals surface area contributed by atoms with Gasteiger partial charge >= 0.3 is 0 Å². The Morgan fingerprint density at radius 2 is 1.97 bits per heavy atom. The predicted molar refractivity (Wildman–Crippen MR) is 121 cm³/mol. The topological polar surface area (TPSA) is 132 Å². The van der Waals surface area contributed by atoms with E-state index in [-0.39, 0.29) is 18.8 Å². The van der Waals surface area contributed by atoms with Gasteiger partial charge in [0.05, 0.1) is 24.0 Å². The van der Waals surface area contributed by atoms with E-state index in [1.54, 1.807) is 12.1 Å². The number of aliphatic imine (C=N–C) groups is 1. The van der Waals surface area contributed by atoms with Gasteiger partial charge in [-0.2, -0.15) is 5.10 Å². The Hall–Kier alpha value is -3.52. The molecule has 0 unspecified atom stereocenters. The van der Waals surface area contributed by atoms with E-state index in [9.17, 15) is 4.79 Å². The third kappa shape index (κ3) is 5.09. The van der Waals surface area contributed by atoms with E-state index >= 15 is 0 Å². The number of aryl methyl sites for hydroxylation is 2. The standard InChI is InChI=1S/C21H22ClN7O/c1-12-7-20(23)27-13(2)17(12)10-26-21(30)19(29-24)11-25-9-16-6-4-14-3-5-15(22)8-18(14)28-16/h3-8,11H,9-10,24H2,1-2H3,(H2,23,27)(H,26,30). The SMILES string of the molecule is Cc1cc(N)nc(C)c1CNC(=O)C(C=NCc1ccc2ccc(Cl)cc2n1)=NN. The fraction of sp³-hybridized carbons (Fsp3) is 0.190. The summed E-state index contributed by atoms with van der Waals surface area (Å²) >= 11 is 6.02. The Balaban J connectivity index is 1.63. The van der Waals surface area contributed by atoms with Crippen LogP contribution in [0.3, 0.4) is 0 Å². The van der Waals surface area contributed by atoms with E-state index in [1.165, 1.54) is 6.21 Å². The molecule has 0 saturated heterocycles. The Labute approximate surface area is 179 Å². The summed E-state index contributed by atoms with van der Waals surface area (Å²) < 4.78 is 0. The number of nitrogen functional groups attached to an aromatic ring is 1. The van der Waals surface area contributed by atoms with Gasteiger partial charge < -0.3 is 16.9 Å². The molecule has 0 saturated carbocycles. The third-order valence-corrected chi connectivity index (χ3v) is 4.79. The normalized spacial score (nSPS) is 11.9. The number of rotatable bonds is 6. The van der Waals surface area contributed by atoms with Crippen LogP contribution in [0.4, 0.5) is 5.82 Å². The van der Waals surface area contributed by atoms with Crippen LogP contribution >= 0.6 is 11.6 Å². The number of hydrogen-bond donors (Lipinski definition) is 3. The van der Waals surface area contributed by atoms with Crippen molar-refractivity contribution in [1.82, 2.24) is 15.3 Å². The molecule has 5 N–H and O–H groups in total. The van der Waals surface area contributed by atoms with Crippen LogP contribution in [0.25, 0.3) is 10.9 Å². The van der Waals surface area contributed by atoms with Crippen LogP contribution in [-0.4, -0.2) is 27.8 Å². The van der Waals surface area contributed by atoms with Gasteiger partial charge in [0.2, 0.25) is 0 Å². The molecule has 9 heteroatoms. The molecular formula is C21H22ClN7O. The van der Waals surface area contributed by atoms with Gasteiger partial charge in [-0.05, 0) is 49.2 Å². The largest absolute Gasteiger partial charge is 0.384 e. The molecule has 0 spiro atoms. The van der Waals surface area contributed by atoms with Crippen molar-refractivity contribution >= 4 is 46.2 Å². The summed E-state index contributed by atoms with van der Waals surface area (Å²) in [6.07, 6.45) is 1.33. The van der Waals surface area contributed by atoms with Crippen molar-refractivity contribution < 1.29 is 4.79 Å². The number of amides is 1. The Morgan fingerprint density at radius 3 is 2.70 bits per heavy atom. The summed E-state index contributed by atoms with van der Waals surface area (Å²) in [4.78, 5) is 25.4. The number of carbonyl (C=O) groups is 1. The highest BCUT2D eigenvalue weighted by molar-refractivity contribution is 6.60. The van der Waals surface area contributed by atoms with Crippen LogP contribution in [0.1, 0.15) is 22.5 Å². The summed E-state index contributed by atoms with van der Waals surface area (Å²) in [5.74, 6) is 5.38. The first-order chi connectivity index (χ1) is 14.4. The number of fused-ring (bicyclic) bond motifs is 1. The zero-order valence-corrected chi connectivity index (χ0v) is 17.4. The zero-order valence-electron chi connectivity index (χ0n) is 16.7. The molecular weight excluding hydrogens is 402 g/mol. The minimum absolute atomic E-state index is 0.0116. The molecule has 8 nitrogen and oxygen atoms in total. The van der Waals surface area contributed by atoms with Crippen LogP contribution in [0, 0.1) is 13.8 Å². The summed E-state index contributed by atoms with van der Waals surface area (Å²) in [5.41, 5.74) is 9.86. The van der Waals surface area contributed by atoms with Crippen molar-refractivity contribution in [2.45, 2.75) is 26.9 Å². The number of nitrogens with one attached hydrogen (secondary N) is 1. The molecule has 0 atom stereocenters. The number of halogens is 1. The third-order valence-electron chi connectivity index (χ3n) is 4.55. The summed E-state index contributed by atoms with van der Waals surface area (Å²) in [6.45, 7) is 4.31. The summed E-state index contributed by atoms with van der Waals surface area (Å²) in [5, 5.41) is 7.91. The summed E-state index contributed by atoms with van der Waals surface area (Å²) in [7, 11) is 0. The fourth-order valence-corrected chi connectivity index (χ4v) is 3.18. The lowest BCUT2D eigenvalue weighted by Crippen LogP contribution is -2.32. The average molecular weight is 424 g/mol. The molecule has 0 bridgehead atoms. The molecule has 3 rings (SSSR count). The Kier molecular flexibility index (Phi) is 6.58. The second-order valence-corrected chi connectivity index (χ2v) is 7.17. The number of nitrogens with zero attached hydrogens (tertiary/aromatic N) is 4. The Bertz CT molecular complexity index is 1130. The van der Waals surface area contributed by atoms with Gasteiger partial charge in [0.25, 0.3) is 5.91 Å². The van der Waals surface area contributed by atoms with Gasteiger partial charge in [0.1, 0.15) is 5.82 Å². The van der Waals surface area contributed by atoms with Crippen LogP contribution in [0.5, 0.6) is 0 Å². The van der Waals surface area contributed by atoms with E-state index in [0.29, 0.717) is 10.8 Å². The predicted octanol–water partition coefficient (Wildman–Crippen LogP) is 2.68. The van der Waals surface area contributed by atoms with Gasteiger partial charge in [-0.25, -0.2) is 4.98 Å². The van der Waals surface area contributed by atoms with Crippen LogP contribution in [0.15, 0.2) is 46.5 Å². The van der Waals surface area contributed by atoms with Crippen LogP contribution in [0.2, 0.25) is 5.02 Å². The van der Waals surface area contributed by atoms with E-state index in [2.05, 4.69) is 25.4 Å². The highest BCUT2D eigenvalue weighted by Crippen LogP contribution is 2.18. The molecule has 0 radical (unpaired) electrons. The maximum absolute atomic E-state index is 12.4. The molecule has 154 valence electrons. The molecule has 2 heterocycles. The molecule has 0 fully saturated rings. The quantitative estimate of drug-likeness (QED) is 0.318. The number of hydrogen-bond acceptors (Lipinski definition) is 7. The number of hydrazone groups is 1. The van der Waals surface area contributed by atoms with Crippen molar-refractivity contribution in [3.8, 4) is 0 Å². The average Bonchev–Trinajstić information content (AvgIpc) is 2.70. The number of aromatic nitrogens is 2. The molecule has 0 aliphatic heterocycles. The maximum Gasteiger partial charge on any atom is 0.273 e. The Morgan fingerprint density at radius 1 is 1.20 bits per heavy atom. The first-order valence-electron chi connectivity index (χ1n) is 9.21. The smallest absolute Gasteiger partial charge is 0.273 e. The minimum Gasteiger partial charge on any atom is -0.384 e. The number of pyridine rings is 2. The second kappa shape index (κ2) is 9.32. The molecule has 2 aromatic heterocycles. The van der Waals surface area contributed by atoms with E-state index in [1.807, 2.05) is 38.1 Å².